The zero-order valence-corrected chi connectivity index (χ0v) is 12.1. The number of hydrogen-bond acceptors (Lipinski definition) is 4. The van der Waals surface area contributed by atoms with E-state index in [1.807, 2.05) is 0 Å². The summed E-state index contributed by atoms with van der Waals surface area (Å²) in [5.41, 5.74) is 0.635. The van der Waals surface area contributed by atoms with Gasteiger partial charge in [0.1, 0.15) is 12.3 Å². The summed E-state index contributed by atoms with van der Waals surface area (Å²) >= 11 is 5.63. The smallest absolute Gasteiger partial charge is 0.262 e. The summed E-state index contributed by atoms with van der Waals surface area (Å²) in [6, 6.07) is 9.68. The molecular weight excluding hydrogens is 308 g/mol. The molecule has 1 aliphatic heterocycles. The topological polar surface area (TPSA) is 79.6 Å². The number of furan rings is 1. The maximum absolute atomic E-state index is 12.1. The molecule has 0 aliphatic carbocycles. The first-order valence-electron chi connectivity index (χ1n) is 6.52. The Labute approximate surface area is 130 Å². The minimum atomic E-state index is -0.461. The molecule has 0 fully saturated rings. The van der Waals surface area contributed by atoms with Gasteiger partial charge in [-0.05, 0) is 35.9 Å². The summed E-state index contributed by atoms with van der Waals surface area (Å²) in [5, 5.41) is 2.80. The zero-order valence-electron chi connectivity index (χ0n) is 11.3. The lowest BCUT2D eigenvalue weighted by Crippen LogP contribution is -2.40. The van der Waals surface area contributed by atoms with E-state index in [4.69, 9.17) is 16.0 Å². The molecule has 3 rings (SSSR count). The Morgan fingerprint density at radius 1 is 1.09 bits per heavy atom. The third kappa shape index (κ3) is 2.60. The number of nitrogens with zero attached hydrogens (tertiary/aromatic N) is 1. The fourth-order valence-electron chi connectivity index (χ4n) is 2.21. The van der Waals surface area contributed by atoms with Crippen LogP contribution in [-0.4, -0.2) is 29.2 Å². The summed E-state index contributed by atoms with van der Waals surface area (Å²) in [6.45, 7) is -0.199. The predicted molar refractivity (Wildman–Crippen MR) is 77.4 cm³/mol. The molecule has 0 saturated carbocycles. The molecule has 112 valence electrons. The monoisotopic (exact) mass is 318 g/mol. The number of halogens is 1. The van der Waals surface area contributed by atoms with E-state index in [0.29, 0.717) is 16.9 Å². The van der Waals surface area contributed by atoms with Crippen LogP contribution in [0, 0.1) is 0 Å². The van der Waals surface area contributed by atoms with Crippen LogP contribution in [0.15, 0.2) is 40.8 Å². The van der Waals surface area contributed by atoms with E-state index in [9.17, 15) is 14.4 Å². The lowest BCUT2D eigenvalue weighted by molar-refractivity contribution is -0.121. The van der Waals surface area contributed by atoms with Crippen molar-refractivity contribution in [3.63, 3.8) is 0 Å². The lowest BCUT2D eigenvalue weighted by atomic mass is 10.1. The average Bonchev–Trinajstić information content (AvgIpc) is 3.03. The Bertz CT molecular complexity index is 733. The molecule has 1 N–H and O–H groups in total. The molecule has 0 bridgehead atoms. The number of carbonyl (C=O) groups excluding carboxylic acids is 3. The number of imide groups is 1. The average molecular weight is 319 g/mol. The second kappa shape index (κ2) is 5.65. The van der Waals surface area contributed by atoms with Crippen LogP contribution in [-0.2, 0) is 11.3 Å². The Balaban J connectivity index is 1.63. The van der Waals surface area contributed by atoms with Gasteiger partial charge in [-0.1, -0.05) is 12.1 Å². The van der Waals surface area contributed by atoms with E-state index in [1.165, 1.54) is 0 Å². The van der Waals surface area contributed by atoms with Gasteiger partial charge in [-0.3, -0.25) is 19.3 Å². The van der Waals surface area contributed by atoms with E-state index in [2.05, 4.69) is 5.32 Å². The molecule has 1 aromatic heterocycles. The molecule has 1 aromatic carbocycles. The highest BCUT2D eigenvalue weighted by atomic mass is 35.5. The summed E-state index contributed by atoms with van der Waals surface area (Å²) in [5.74, 6) is -0.892. The zero-order chi connectivity index (χ0) is 15.7. The Kier molecular flexibility index (Phi) is 3.68. The van der Waals surface area contributed by atoms with Crippen LogP contribution in [0.1, 0.15) is 26.5 Å². The Morgan fingerprint density at radius 2 is 1.73 bits per heavy atom. The summed E-state index contributed by atoms with van der Waals surface area (Å²) in [4.78, 5) is 37.0. The number of amides is 3. The first kappa shape index (κ1) is 14.3. The van der Waals surface area contributed by atoms with Gasteiger partial charge in [0.05, 0.1) is 17.7 Å². The van der Waals surface area contributed by atoms with Gasteiger partial charge in [0.25, 0.3) is 11.8 Å². The second-order valence-electron chi connectivity index (χ2n) is 4.72. The summed E-state index contributed by atoms with van der Waals surface area (Å²) < 4.78 is 5.10. The molecule has 7 heteroatoms. The molecule has 6 nitrogen and oxygen atoms in total. The number of benzene rings is 1. The van der Waals surface area contributed by atoms with Gasteiger partial charge in [0, 0.05) is 0 Å². The predicted octanol–water partition coefficient (Wildman–Crippen LogP) is 1.85. The molecule has 1 aliphatic rings. The molecule has 0 atom stereocenters. The van der Waals surface area contributed by atoms with Crippen LogP contribution >= 0.6 is 11.6 Å². The fourth-order valence-corrected chi connectivity index (χ4v) is 2.38. The van der Waals surface area contributed by atoms with Crippen molar-refractivity contribution in [2.75, 3.05) is 6.54 Å². The van der Waals surface area contributed by atoms with Crippen molar-refractivity contribution >= 4 is 29.3 Å². The van der Waals surface area contributed by atoms with Crippen molar-refractivity contribution in [1.29, 1.82) is 0 Å². The standard InChI is InChI=1S/C15H11ClN2O4/c16-12-6-5-9(22-12)7-17-13(19)8-18-14(20)10-3-1-2-4-11(10)15(18)21/h1-6H,7-8H2,(H,17,19). The van der Waals surface area contributed by atoms with Crippen molar-refractivity contribution in [3.8, 4) is 0 Å². The first-order chi connectivity index (χ1) is 10.6. The third-order valence-electron chi connectivity index (χ3n) is 3.27. The van der Waals surface area contributed by atoms with Crippen molar-refractivity contribution in [2.45, 2.75) is 6.54 Å². The van der Waals surface area contributed by atoms with Crippen molar-refractivity contribution < 1.29 is 18.8 Å². The minimum absolute atomic E-state index is 0.134. The van der Waals surface area contributed by atoms with Crippen LogP contribution in [0.2, 0.25) is 5.22 Å². The van der Waals surface area contributed by atoms with Crippen molar-refractivity contribution in [3.05, 3.63) is 58.5 Å². The Hall–Kier alpha value is -2.60. The quantitative estimate of drug-likeness (QED) is 0.872. The molecule has 0 radical (unpaired) electrons. The number of hydrogen-bond donors (Lipinski definition) is 1. The molecule has 2 aromatic rings. The number of rotatable bonds is 4. The number of nitrogens with one attached hydrogen (secondary N) is 1. The van der Waals surface area contributed by atoms with Gasteiger partial charge in [-0.2, -0.15) is 0 Å². The van der Waals surface area contributed by atoms with Crippen LogP contribution in [0.25, 0.3) is 0 Å². The van der Waals surface area contributed by atoms with E-state index < -0.39 is 17.7 Å². The minimum Gasteiger partial charge on any atom is -0.448 e. The molecule has 0 spiro atoms. The van der Waals surface area contributed by atoms with Gasteiger partial charge in [-0.15, -0.1) is 0 Å². The highest BCUT2D eigenvalue weighted by Crippen LogP contribution is 2.21. The van der Waals surface area contributed by atoms with Gasteiger partial charge in [0.2, 0.25) is 5.91 Å². The number of fused-ring (bicyclic) bond motifs is 1. The van der Waals surface area contributed by atoms with Crippen molar-refractivity contribution in [2.24, 2.45) is 0 Å². The molecular formula is C15H11ClN2O4. The largest absolute Gasteiger partial charge is 0.448 e. The highest BCUT2D eigenvalue weighted by Gasteiger charge is 2.36. The highest BCUT2D eigenvalue weighted by molar-refractivity contribution is 6.28. The molecule has 0 saturated heterocycles. The number of carbonyl (C=O) groups is 3. The molecule has 2 heterocycles. The van der Waals surface area contributed by atoms with Gasteiger partial charge >= 0.3 is 0 Å². The second-order valence-corrected chi connectivity index (χ2v) is 5.10. The summed E-state index contributed by atoms with van der Waals surface area (Å²) in [6.07, 6.45) is 0. The van der Waals surface area contributed by atoms with Crippen LogP contribution in [0.4, 0.5) is 0 Å². The van der Waals surface area contributed by atoms with Gasteiger partial charge in [0.15, 0.2) is 5.22 Å². The lowest BCUT2D eigenvalue weighted by Gasteiger charge is -2.13. The first-order valence-corrected chi connectivity index (χ1v) is 6.90. The molecule has 3 amide bonds. The fraction of sp³-hybridized carbons (Fsp3) is 0.133. The van der Waals surface area contributed by atoms with Gasteiger partial charge < -0.3 is 9.73 Å². The maximum atomic E-state index is 12.1. The van der Waals surface area contributed by atoms with E-state index in [1.54, 1.807) is 36.4 Å². The third-order valence-corrected chi connectivity index (χ3v) is 3.47. The van der Waals surface area contributed by atoms with E-state index in [-0.39, 0.29) is 18.3 Å². The SMILES string of the molecule is O=C(CN1C(=O)c2ccccc2C1=O)NCc1ccc(Cl)o1. The van der Waals surface area contributed by atoms with E-state index in [0.717, 1.165) is 4.90 Å². The van der Waals surface area contributed by atoms with E-state index >= 15 is 0 Å². The Morgan fingerprint density at radius 3 is 2.27 bits per heavy atom. The maximum Gasteiger partial charge on any atom is 0.262 e. The van der Waals surface area contributed by atoms with Gasteiger partial charge in [-0.25, -0.2) is 0 Å². The summed E-state index contributed by atoms with van der Waals surface area (Å²) in [7, 11) is 0. The van der Waals surface area contributed by atoms with Crippen LogP contribution in [0.5, 0.6) is 0 Å². The van der Waals surface area contributed by atoms with Crippen LogP contribution < -0.4 is 5.32 Å². The molecule has 22 heavy (non-hydrogen) atoms. The normalized spacial score (nSPS) is 13.4. The van der Waals surface area contributed by atoms with Crippen molar-refractivity contribution in [1.82, 2.24) is 10.2 Å². The molecule has 0 unspecified atom stereocenters. The van der Waals surface area contributed by atoms with Crippen LogP contribution in [0.3, 0.4) is 0 Å².